The summed E-state index contributed by atoms with van der Waals surface area (Å²) in [7, 11) is 1.77. The van der Waals surface area contributed by atoms with Crippen LogP contribution in [-0.4, -0.2) is 47.0 Å². The van der Waals surface area contributed by atoms with Crippen molar-refractivity contribution in [3.8, 4) is 0 Å². The summed E-state index contributed by atoms with van der Waals surface area (Å²) >= 11 is 0. The summed E-state index contributed by atoms with van der Waals surface area (Å²) in [5, 5.41) is 3.97. The summed E-state index contributed by atoms with van der Waals surface area (Å²) in [6.07, 6.45) is -0.170. The quantitative estimate of drug-likeness (QED) is 0.812. The number of nitrogens with zero attached hydrogens (tertiary/aromatic N) is 3. The Balaban J connectivity index is 2.44. The Hall–Kier alpha value is -1.08. The molecule has 0 aliphatic heterocycles. The van der Waals surface area contributed by atoms with Gasteiger partial charge in [-0.2, -0.15) is 18.3 Å². The summed E-state index contributed by atoms with van der Waals surface area (Å²) in [6, 6.07) is 0. The summed E-state index contributed by atoms with van der Waals surface area (Å²) in [5.74, 6) is 0. The number of aryl methyl sites for hydroxylation is 1. The molecule has 0 saturated heterocycles. The molecule has 1 rings (SSSR count). The van der Waals surface area contributed by atoms with E-state index in [-0.39, 0.29) is 13.1 Å². The van der Waals surface area contributed by atoms with E-state index >= 15 is 0 Å². The minimum Gasteiger partial charge on any atom is -0.329 e. The van der Waals surface area contributed by atoms with Crippen LogP contribution in [0.15, 0.2) is 12.4 Å². The van der Waals surface area contributed by atoms with E-state index in [4.69, 9.17) is 5.73 Å². The SMILES string of the molecule is Cn1cc(CCN(CCN)CC(F)(F)F)cn1. The van der Waals surface area contributed by atoms with Crippen molar-refractivity contribution in [1.82, 2.24) is 14.7 Å². The van der Waals surface area contributed by atoms with Gasteiger partial charge in [0.25, 0.3) is 0 Å². The largest absolute Gasteiger partial charge is 0.401 e. The van der Waals surface area contributed by atoms with Crippen molar-refractivity contribution in [1.29, 1.82) is 0 Å². The molecule has 1 heterocycles. The lowest BCUT2D eigenvalue weighted by Crippen LogP contribution is -2.38. The number of nitrogens with two attached hydrogens (primary N) is 1. The minimum atomic E-state index is -4.18. The van der Waals surface area contributed by atoms with Gasteiger partial charge in [0.05, 0.1) is 12.7 Å². The average molecular weight is 250 g/mol. The first-order valence-corrected chi connectivity index (χ1v) is 5.37. The predicted octanol–water partition coefficient (Wildman–Crippen LogP) is 0.786. The Kier molecular flexibility index (Phi) is 4.95. The monoisotopic (exact) mass is 250 g/mol. The first-order chi connectivity index (χ1) is 7.90. The molecule has 0 aliphatic carbocycles. The normalized spacial score (nSPS) is 12.4. The van der Waals surface area contributed by atoms with Crippen molar-refractivity contribution in [3.05, 3.63) is 18.0 Å². The first-order valence-electron chi connectivity index (χ1n) is 5.37. The van der Waals surface area contributed by atoms with Gasteiger partial charge in [-0.15, -0.1) is 0 Å². The van der Waals surface area contributed by atoms with Crippen molar-refractivity contribution < 1.29 is 13.2 Å². The topological polar surface area (TPSA) is 47.1 Å². The van der Waals surface area contributed by atoms with Crippen LogP contribution in [0, 0.1) is 0 Å². The molecular weight excluding hydrogens is 233 g/mol. The molecule has 0 spiro atoms. The van der Waals surface area contributed by atoms with Crippen molar-refractivity contribution in [3.63, 3.8) is 0 Å². The smallest absolute Gasteiger partial charge is 0.329 e. The summed E-state index contributed by atoms with van der Waals surface area (Å²) in [6.45, 7) is -0.101. The Morgan fingerprint density at radius 3 is 2.59 bits per heavy atom. The fourth-order valence-electron chi connectivity index (χ4n) is 1.59. The lowest BCUT2D eigenvalue weighted by molar-refractivity contribution is -0.145. The maximum absolute atomic E-state index is 12.3. The average Bonchev–Trinajstić information content (AvgIpc) is 2.59. The third-order valence-corrected chi connectivity index (χ3v) is 2.32. The molecule has 0 unspecified atom stereocenters. The van der Waals surface area contributed by atoms with Crippen LogP contribution in [-0.2, 0) is 13.5 Å². The van der Waals surface area contributed by atoms with Crippen LogP contribution in [0.5, 0.6) is 0 Å². The molecule has 0 radical (unpaired) electrons. The van der Waals surface area contributed by atoms with E-state index in [1.54, 1.807) is 24.1 Å². The molecule has 0 saturated carbocycles. The highest BCUT2D eigenvalue weighted by molar-refractivity contribution is 5.03. The molecule has 0 amide bonds. The van der Waals surface area contributed by atoms with Gasteiger partial charge >= 0.3 is 6.18 Å². The van der Waals surface area contributed by atoms with Crippen LogP contribution in [0.4, 0.5) is 13.2 Å². The van der Waals surface area contributed by atoms with Crippen LogP contribution in [0.1, 0.15) is 5.56 Å². The summed E-state index contributed by atoms with van der Waals surface area (Å²) in [5.41, 5.74) is 6.22. The molecule has 98 valence electrons. The van der Waals surface area contributed by atoms with E-state index in [1.165, 1.54) is 4.90 Å². The van der Waals surface area contributed by atoms with Gasteiger partial charge in [0.2, 0.25) is 0 Å². The van der Waals surface area contributed by atoms with Gasteiger partial charge in [-0.1, -0.05) is 0 Å². The van der Waals surface area contributed by atoms with Crippen molar-refractivity contribution >= 4 is 0 Å². The zero-order chi connectivity index (χ0) is 12.9. The van der Waals surface area contributed by atoms with Crippen LogP contribution in [0.3, 0.4) is 0 Å². The lowest BCUT2D eigenvalue weighted by Gasteiger charge is -2.22. The second-order valence-corrected chi connectivity index (χ2v) is 3.95. The Labute approximate surface area is 98.2 Å². The highest BCUT2D eigenvalue weighted by Crippen LogP contribution is 2.16. The molecule has 4 nitrogen and oxygen atoms in total. The van der Waals surface area contributed by atoms with Gasteiger partial charge in [0, 0.05) is 32.9 Å². The molecule has 7 heteroatoms. The van der Waals surface area contributed by atoms with Gasteiger partial charge in [0.1, 0.15) is 0 Å². The second kappa shape index (κ2) is 6.02. The molecule has 0 atom stereocenters. The Bertz CT molecular complexity index is 335. The van der Waals surface area contributed by atoms with Gasteiger partial charge < -0.3 is 5.73 Å². The van der Waals surface area contributed by atoms with E-state index in [9.17, 15) is 13.2 Å². The highest BCUT2D eigenvalue weighted by atomic mass is 19.4. The van der Waals surface area contributed by atoms with E-state index in [2.05, 4.69) is 5.10 Å². The molecule has 0 aliphatic rings. The van der Waals surface area contributed by atoms with Gasteiger partial charge in [0.15, 0.2) is 0 Å². The predicted molar refractivity (Wildman–Crippen MR) is 58.5 cm³/mol. The second-order valence-electron chi connectivity index (χ2n) is 3.95. The van der Waals surface area contributed by atoms with Gasteiger partial charge in [-0.05, 0) is 12.0 Å². The Morgan fingerprint density at radius 2 is 2.12 bits per heavy atom. The van der Waals surface area contributed by atoms with Gasteiger partial charge in [-0.3, -0.25) is 9.58 Å². The van der Waals surface area contributed by atoms with E-state index < -0.39 is 12.7 Å². The summed E-state index contributed by atoms with van der Waals surface area (Å²) in [4.78, 5) is 1.31. The third kappa shape index (κ3) is 5.69. The maximum atomic E-state index is 12.3. The summed E-state index contributed by atoms with van der Waals surface area (Å²) < 4.78 is 38.4. The Morgan fingerprint density at radius 1 is 1.41 bits per heavy atom. The number of alkyl halides is 3. The van der Waals surface area contributed by atoms with Crippen LogP contribution >= 0.6 is 0 Å². The molecule has 17 heavy (non-hydrogen) atoms. The van der Waals surface area contributed by atoms with E-state index in [0.717, 1.165) is 5.56 Å². The number of hydrogen-bond donors (Lipinski definition) is 1. The van der Waals surface area contributed by atoms with Crippen LogP contribution in [0.25, 0.3) is 0 Å². The van der Waals surface area contributed by atoms with Crippen molar-refractivity contribution in [2.45, 2.75) is 12.6 Å². The fraction of sp³-hybridized carbons (Fsp3) is 0.700. The minimum absolute atomic E-state index is 0.225. The zero-order valence-corrected chi connectivity index (χ0v) is 9.74. The number of halogens is 3. The molecule has 0 fully saturated rings. The first kappa shape index (κ1) is 14.0. The lowest BCUT2D eigenvalue weighted by atomic mass is 10.2. The van der Waals surface area contributed by atoms with E-state index in [0.29, 0.717) is 13.0 Å². The number of hydrogen-bond acceptors (Lipinski definition) is 3. The number of aromatic nitrogens is 2. The molecule has 1 aromatic heterocycles. The van der Waals surface area contributed by atoms with Gasteiger partial charge in [-0.25, -0.2) is 0 Å². The molecule has 0 aromatic carbocycles. The third-order valence-electron chi connectivity index (χ3n) is 2.32. The van der Waals surface area contributed by atoms with Crippen molar-refractivity contribution in [2.24, 2.45) is 12.8 Å². The fourth-order valence-corrected chi connectivity index (χ4v) is 1.59. The maximum Gasteiger partial charge on any atom is 0.401 e. The molecular formula is C10H17F3N4. The van der Waals surface area contributed by atoms with Crippen LogP contribution in [0.2, 0.25) is 0 Å². The zero-order valence-electron chi connectivity index (χ0n) is 9.74. The molecule has 1 aromatic rings. The van der Waals surface area contributed by atoms with Crippen LogP contribution < -0.4 is 5.73 Å². The highest BCUT2D eigenvalue weighted by Gasteiger charge is 2.30. The standard InChI is InChI=1S/C10H17F3N4/c1-16-7-9(6-15-16)2-4-17(5-3-14)8-10(11,12)13/h6-7H,2-5,8,14H2,1H3. The molecule has 2 N–H and O–H groups in total. The van der Waals surface area contributed by atoms with Crippen molar-refractivity contribution in [2.75, 3.05) is 26.2 Å². The number of rotatable bonds is 6. The van der Waals surface area contributed by atoms with E-state index in [1.807, 2.05) is 0 Å². The molecule has 0 bridgehead atoms.